The molecule has 1 aliphatic rings. The molecular formula is C20H18N7S. The van der Waals surface area contributed by atoms with Gasteiger partial charge in [0.25, 0.3) is 0 Å². The number of nitrogens with one attached hydrogen (secondary N) is 2. The predicted octanol–water partition coefficient (Wildman–Crippen LogP) is 4.82. The number of aromatic nitrogens is 5. The third kappa shape index (κ3) is 3.63. The minimum atomic E-state index is 0.570. The molecule has 1 fully saturated rings. The van der Waals surface area contributed by atoms with Gasteiger partial charge in [0.05, 0.1) is 41.0 Å². The first-order valence-electron chi connectivity index (χ1n) is 9.30. The molecule has 0 spiro atoms. The number of nitrogens with zero attached hydrogens (tertiary/aromatic N) is 5. The van der Waals surface area contributed by atoms with Gasteiger partial charge in [-0.05, 0) is 43.2 Å². The molecule has 0 atom stereocenters. The number of rotatable bonds is 5. The molecule has 4 heterocycles. The maximum Gasteiger partial charge on any atom is 0.211 e. The van der Waals surface area contributed by atoms with Gasteiger partial charge in [0, 0.05) is 5.92 Å². The highest BCUT2D eigenvalue weighted by molar-refractivity contribution is 7.15. The molecule has 139 valence electrons. The van der Waals surface area contributed by atoms with E-state index >= 15 is 0 Å². The van der Waals surface area contributed by atoms with Crippen molar-refractivity contribution in [1.82, 2.24) is 25.1 Å². The number of pyridine rings is 3. The standard InChI is InChI=1S/C20H18N7S/c1-2-5-13(4-1)19-26-27-20(28-19)25-18-8-7-16-17(24-18)10-15(12-22-16)23-14-6-3-9-21-11-14/h3,6-8,10-13,23H,1-2,4-5H2,(H,24,25,27). The Kier molecular flexibility index (Phi) is 4.54. The Morgan fingerprint density at radius 3 is 2.75 bits per heavy atom. The first-order chi connectivity index (χ1) is 13.8. The largest absolute Gasteiger partial charge is 0.353 e. The van der Waals surface area contributed by atoms with Crippen LogP contribution in [0.4, 0.5) is 22.3 Å². The zero-order valence-corrected chi connectivity index (χ0v) is 15.9. The summed E-state index contributed by atoms with van der Waals surface area (Å²) in [6.45, 7) is 0. The van der Waals surface area contributed by atoms with E-state index in [1.54, 1.807) is 29.8 Å². The average Bonchev–Trinajstić information content (AvgIpc) is 3.40. The van der Waals surface area contributed by atoms with Crippen molar-refractivity contribution in [3.63, 3.8) is 0 Å². The fraction of sp³-hybridized carbons (Fsp3) is 0.250. The molecule has 1 saturated carbocycles. The topological polar surface area (TPSA) is 88.5 Å². The van der Waals surface area contributed by atoms with E-state index in [0.29, 0.717) is 5.92 Å². The van der Waals surface area contributed by atoms with Crippen molar-refractivity contribution >= 4 is 44.7 Å². The molecule has 0 aromatic carbocycles. The smallest absolute Gasteiger partial charge is 0.211 e. The number of fused-ring (bicyclic) bond motifs is 1. The zero-order valence-electron chi connectivity index (χ0n) is 15.1. The summed E-state index contributed by atoms with van der Waals surface area (Å²) in [6, 6.07) is 9.50. The molecule has 8 heteroatoms. The van der Waals surface area contributed by atoms with E-state index in [2.05, 4.69) is 42.0 Å². The molecule has 0 unspecified atom stereocenters. The number of hydrogen-bond acceptors (Lipinski definition) is 8. The summed E-state index contributed by atoms with van der Waals surface area (Å²) < 4.78 is 0. The molecule has 28 heavy (non-hydrogen) atoms. The van der Waals surface area contributed by atoms with Crippen molar-refractivity contribution < 1.29 is 0 Å². The summed E-state index contributed by atoms with van der Waals surface area (Å²) in [4.78, 5) is 13.1. The zero-order chi connectivity index (χ0) is 18.8. The minimum absolute atomic E-state index is 0.570. The fourth-order valence-electron chi connectivity index (χ4n) is 3.44. The summed E-state index contributed by atoms with van der Waals surface area (Å²) in [6.07, 6.45) is 11.3. The number of hydrogen-bond donors (Lipinski definition) is 2. The van der Waals surface area contributed by atoms with Crippen LogP contribution in [0.15, 0.2) is 42.7 Å². The monoisotopic (exact) mass is 388 g/mol. The van der Waals surface area contributed by atoms with Crippen LogP contribution in [0, 0.1) is 6.20 Å². The van der Waals surface area contributed by atoms with E-state index in [4.69, 9.17) is 0 Å². The van der Waals surface area contributed by atoms with Gasteiger partial charge in [-0.3, -0.25) is 9.97 Å². The second-order valence-corrected chi connectivity index (χ2v) is 7.82. The Morgan fingerprint density at radius 1 is 0.964 bits per heavy atom. The van der Waals surface area contributed by atoms with Crippen LogP contribution in [-0.2, 0) is 0 Å². The second-order valence-electron chi connectivity index (χ2n) is 6.81. The van der Waals surface area contributed by atoms with Crippen molar-refractivity contribution in [2.75, 3.05) is 10.6 Å². The summed E-state index contributed by atoms with van der Waals surface area (Å²) in [7, 11) is 0. The van der Waals surface area contributed by atoms with Gasteiger partial charge in [0.1, 0.15) is 10.8 Å². The van der Waals surface area contributed by atoms with Gasteiger partial charge >= 0.3 is 0 Å². The molecule has 2 N–H and O–H groups in total. The van der Waals surface area contributed by atoms with E-state index in [9.17, 15) is 0 Å². The van der Waals surface area contributed by atoms with Crippen LogP contribution in [0.3, 0.4) is 0 Å². The lowest BCUT2D eigenvalue weighted by Gasteiger charge is -2.07. The van der Waals surface area contributed by atoms with Gasteiger partial charge in [0.15, 0.2) is 0 Å². The van der Waals surface area contributed by atoms with E-state index in [1.807, 2.05) is 24.3 Å². The molecule has 0 bridgehead atoms. The second kappa shape index (κ2) is 7.47. The molecule has 4 aromatic heterocycles. The molecule has 1 radical (unpaired) electrons. The van der Waals surface area contributed by atoms with Crippen LogP contribution in [-0.4, -0.2) is 25.1 Å². The van der Waals surface area contributed by atoms with E-state index in [-0.39, 0.29) is 0 Å². The summed E-state index contributed by atoms with van der Waals surface area (Å²) in [5.74, 6) is 1.30. The first-order valence-corrected chi connectivity index (χ1v) is 10.1. The van der Waals surface area contributed by atoms with Gasteiger partial charge in [-0.1, -0.05) is 24.2 Å². The summed E-state index contributed by atoms with van der Waals surface area (Å²) in [5, 5.41) is 17.1. The highest BCUT2D eigenvalue weighted by Gasteiger charge is 2.21. The van der Waals surface area contributed by atoms with Crippen LogP contribution in [0.1, 0.15) is 36.6 Å². The van der Waals surface area contributed by atoms with Gasteiger partial charge < -0.3 is 10.6 Å². The SMILES string of the molecule is [c]1ccc(Nc2cnc3ccc(Nc4nnc(C5CCCC5)s4)nc3c2)cn1. The van der Waals surface area contributed by atoms with E-state index < -0.39 is 0 Å². The Labute approximate surface area is 166 Å². The fourth-order valence-corrected chi connectivity index (χ4v) is 4.36. The maximum atomic E-state index is 4.68. The van der Waals surface area contributed by atoms with E-state index in [1.165, 1.54) is 25.7 Å². The Morgan fingerprint density at radius 2 is 1.89 bits per heavy atom. The summed E-state index contributed by atoms with van der Waals surface area (Å²) >= 11 is 1.62. The maximum absolute atomic E-state index is 4.68. The quantitative estimate of drug-likeness (QED) is 0.506. The molecule has 4 aromatic rings. The normalized spacial score (nSPS) is 14.4. The lowest BCUT2D eigenvalue weighted by Crippen LogP contribution is -1.96. The highest BCUT2D eigenvalue weighted by atomic mass is 32.1. The molecule has 1 aliphatic carbocycles. The van der Waals surface area contributed by atoms with Crippen LogP contribution >= 0.6 is 11.3 Å². The third-order valence-electron chi connectivity index (χ3n) is 4.82. The molecule has 0 aliphatic heterocycles. The van der Waals surface area contributed by atoms with Crippen LogP contribution in [0.2, 0.25) is 0 Å². The van der Waals surface area contributed by atoms with Gasteiger partial charge in [-0.15, -0.1) is 10.2 Å². The lowest BCUT2D eigenvalue weighted by atomic mass is 10.1. The number of anilines is 4. The van der Waals surface area contributed by atoms with Crippen molar-refractivity contribution in [3.8, 4) is 0 Å². The lowest BCUT2D eigenvalue weighted by molar-refractivity contribution is 0.705. The molecule has 0 amide bonds. The molecule has 5 rings (SSSR count). The minimum Gasteiger partial charge on any atom is -0.353 e. The van der Waals surface area contributed by atoms with Crippen molar-refractivity contribution in [2.24, 2.45) is 0 Å². The predicted molar refractivity (Wildman–Crippen MR) is 110 cm³/mol. The average molecular weight is 388 g/mol. The van der Waals surface area contributed by atoms with Gasteiger partial charge in [-0.2, -0.15) is 0 Å². The van der Waals surface area contributed by atoms with Crippen molar-refractivity contribution in [1.29, 1.82) is 0 Å². The Bertz CT molecular complexity index is 1090. The van der Waals surface area contributed by atoms with Gasteiger partial charge in [0.2, 0.25) is 5.13 Å². The van der Waals surface area contributed by atoms with Crippen LogP contribution in [0.25, 0.3) is 11.0 Å². The van der Waals surface area contributed by atoms with Crippen molar-refractivity contribution in [3.05, 3.63) is 53.9 Å². The molecular weight excluding hydrogens is 370 g/mol. The van der Waals surface area contributed by atoms with Crippen LogP contribution in [0.5, 0.6) is 0 Å². The third-order valence-corrected chi connectivity index (χ3v) is 5.82. The Hall–Kier alpha value is -3.13. The van der Waals surface area contributed by atoms with Crippen molar-refractivity contribution in [2.45, 2.75) is 31.6 Å². The Balaban J connectivity index is 1.36. The van der Waals surface area contributed by atoms with Gasteiger partial charge in [-0.25, -0.2) is 4.98 Å². The summed E-state index contributed by atoms with van der Waals surface area (Å²) in [5.41, 5.74) is 3.36. The molecule has 7 nitrogen and oxygen atoms in total. The molecule has 0 saturated heterocycles. The van der Waals surface area contributed by atoms with Crippen LogP contribution < -0.4 is 10.6 Å². The van der Waals surface area contributed by atoms with E-state index in [0.717, 1.165) is 38.4 Å². The highest BCUT2D eigenvalue weighted by Crippen LogP contribution is 2.36. The first kappa shape index (κ1) is 17.0.